The van der Waals surface area contributed by atoms with Crippen LogP contribution < -0.4 is 5.73 Å². The zero-order chi connectivity index (χ0) is 10.9. The van der Waals surface area contributed by atoms with Gasteiger partial charge in [0.1, 0.15) is 12.5 Å². The largest absolute Gasteiger partial charge is 0.378 e. The molecule has 0 aliphatic carbocycles. The fourth-order valence-corrected chi connectivity index (χ4v) is 1.32. The van der Waals surface area contributed by atoms with Crippen LogP contribution in [-0.4, -0.2) is 17.7 Å². The Kier molecular flexibility index (Phi) is 5.38. The van der Waals surface area contributed by atoms with E-state index in [-0.39, 0.29) is 0 Å². The molecule has 4 heteroatoms. The zero-order valence-corrected chi connectivity index (χ0v) is 9.04. The quantitative estimate of drug-likeness (QED) is 0.277. The van der Waals surface area contributed by atoms with Crippen LogP contribution in [0.1, 0.15) is 0 Å². The fourth-order valence-electron chi connectivity index (χ4n) is 0.865. The Morgan fingerprint density at radius 1 is 1.47 bits per heavy atom. The number of hydrogen-bond donors (Lipinski definition) is 1. The Labute approximate surface area is 93.7 Å². The van der Waals surface area contributed by atoms with E-state index < -0.39 is 0 Å². The summed E-state index contributed by atoms with van der Waals surface area (Å²) in [5.74, 6) is 2.80. The minimum atomic E-state index is 0.297. The highest BCUT2D eigenvalue weighted by Gasteiger charge is 1.94. The van der Waals surface area contributed by atoms with Gasteiger partial charge in [0.2, 0.25) is 0 Å². The highest BCUT2D eigenvalue weighted by molar-refractivity contribution is 8.13. The molecule has 3 nitrogen and oxygen atoms in total. The van der Waals surface area contributed by atoms with Crippen LogP contribution in [0.3, 0.4) is 0 Å². The van der Waals surface area contributed by atoms with Gasteiger partial charge in [0, 0.05) is 0 Å². The average molecular weight is 220 g/mol. The van der Waals surface area contributed by atoms with Crippen LogP contribution in [0.25, 0.3) is 0 Å². The molecule has 1 aromatic carbocycles. The zero-order valence-electron chi connectivity index (χ0n) is 8.22. The monoisotopic (exact) mass is 220 g/mol. The van der Waals surface area contributed by atoms with Crippen LogP contribution in [0.5, 0.6) is 0 Å². The number of nitrogens with two attached hydrogens (primary N) is 1. The summed E-state index contributed by atoms with van der Waals surface area (Å²) >= 11 is 1.32. The Morgan fingerprint density at radius 3 is 2.87 bits per heavy atom. The maximum atomic E-state index is 5.67. The molecule has 15 heavy (non-hydrogen) atoms. The van der Waals surface area contributed by atoms with Crippen LogP contribution >= 0.6 is 11.8 Å². The molecule has 0 radical (unpaired) electrons. The van der Waals surface area contributed by atoms with Crippen molar-refractivity contribution in [3.05, 3.63) is 30.3 Å². The number of amidine groups is 1. The number of benzene rings is 1. The highest BCUT2D eigenvalue weighted by atomic mass is 32.2. The van der Waals surface area contributed by atoms with Crippen LogP contribution in [0.2, 0.25) is 0 Å². The Balaban J connectivity index is 2.37. The van der Waals surface area contributed by atoms with Crippen LogP contribution in [-0.2, 0) is 4.74 Å². The first-order valence-corrected chi connectivity index (χ1v) is 5.34. The number of terminal acetylenes is 1. The number of rotatable bonds is 4. The van der Waals surface area contributed by atoms with E-state index in [1.54, 1.807) is 0 Å². The van der Waals surface area contributed by atoms with Gasteiger partial charge in [0.05, 0.1) is 5.69 Å². The van der Waals surface area contributed by atoms with Crippen molar-refractivity contribution in [1.82, 2.24) is 0 Å². The smallest absolute Gasteiger partial charge is 0.161 e. The van der Waals surface area contributed by atoms with Crippen LogP contribution in [0.4, 0.5) is 5.69 Å². The molecule has 0 heterocycles. The first-order valence-electron chi connectivity index (χ1n) is 4.36. The van der Waals surface area contributed by atoms with Crippen molar-refractivity contribution in [2.24, 2.45) is 10.7 Å². The van der Waals surface area contributed by atoms with E-state index in [1.165, 1.54) is 11.8 Å². The molecule has 0 bridgehead atoms. The topological polar surface area (TPSA) is 47.6 Å². The molecule has 0 aliphatic heterocycles. The third-order valence-corrected chi connectivity index (χ3v) is 2.14. The lowest BCUT2D eigenvalue weighted by Crippen LogP contribution is -2.07. The van der Waals surface area contributed by atoms with Crippen LogP contribution in [0, 0.1) is 12.3 Å². The second kappa shape index (κ2) is 6.93. The molecule has 0 unspecified atom stereocenters. The summed E-state index contributed by atoms with van der Waals surface area (Å²) < 4.78 is 5.06. The molecule has 78 valence electrons. The third kappa shape index (κ3) is 5.11. The SMILES string of the molecule is C#CCOCSC(N)=Nc1ccccc1. The molecule has 1 aromatic rings. The predicted molar refractivity (Wildman–Crippen MR) is 65.0 cm³/mol. The summed E-state index contributed by atoms with van der Waals surface area (Å²) in [4.78, 5) is 4.18. The predicted octanol–water partition coefficient (Wildman–Crippen LogP) is 1.97. The van der Waals surface area contributed by atoms with E-state index in [0.717, 1.165) is 5.69 Å². The van der Waals surface area contributed by atoms with Gasteiger partial charge in [-0.1, -0.05) is 35.9 Å². The average Bonchev–Trinajstić information content (AvgIpc) is 2.26. The van der Waals surface area contributed by atoms with Gasteiger partial charge in [-0.05, 0) is 12.1 Å². The number of hydrogen-bond acceptors (Lipinski definition) is 3. The molecule has 0 aliphatic rings. The van der Waals surface area contributed by atoms with Gasteiger partial charge >= 0.3 is 0 Å². The minimum absolute atomic E-state index is 0.297. The van der Waals surface area contributed by atoms with Crippen molar-refractivity contribution < 1.29 is 4.74 Å². The number of ether oxygens (including phenoxy) is 1. The summed E-state index contributed by atoms with van der Waals surface area (Å²) in [7, 11) is 0. The fraction of sp³-hybridized carbons (Fsp3) is 0.182. The van der Waals surface area contributed by atoms with Gasteiger partial charge in [-0.25, -0.2) is 4.99 Å². The van der Waals surface area contributed by atoms with E-state index >= 15 is 0 Å². The van der Waals surface area contributed by atoms with Gasteiger partial charge in [-0.2, -0.15) is 0 Å². The van der Waals surface area contributed by atoms with Gasteiger partial charge in [-0.15, -0.1) is 6.42 Å². The van der Waals surface area contributed by atoms with Crippen molar-refractivity contribution in [2.75, 3.05) is 12.5 Å². The summed E-state index contributed by atoms with van der Waals surface area (Å²) in [5, 5.41) is 0.471. The van der Waals surface area contributed by atoms with Gasteiger partial charge in [-0.3, -0.25) is 0 Å². The first-order chi connectivity index (χ1) is 7.33. The van der Waals surface area contributed by atoms with Gasteiger partial charge in [0.15, 0.2) is 5.17 Å². The maximum absolute atomic E-state index is 5.67. The van der Waals surface area contributed by atoms with Crippen molar-refractivity contribution in [3.63, 3.8) is 0 Å². The molecule has 0 aromatic heterocycles. The molecule has 2 N–H and O–H groups in total. The molecular formula is C11H12N2OS. The Bertz CT molecular complexity index is 357. The van der Waals surface area contributed by atoms with Crippen molar-refractivity contribution >= 4 is 22.6 Å². The molecule has 0 fully saturated rings. The van der Waals surface area contributed by atoms with Gasteiger partial charge in [0.25, 0.3) is 0 Å². The van der Waals surface area contributed by atoms with E-state index in [0.29, 0.717) is 17.7 Å². The number of thioether (sulfide) groups is 1. The molecule has 0 atom stereocenters. The van der Waals surface area contributed by atoms with E-state index in [1.807, 2.05) is 30.3 Å². The van der Waals surface area contributed by atoms with E-state index in [2.05, 4.69) is 10.9 Å². The first kappa shape index (κ1) is 11.6. The number of nitrogens with zero attached hydrogens (tertiary/aromatic N) is 1. The molecule has 0 amide bonds. The third-order valence-electron chi connectivity index (χ3n) is 1.47. The van der Waals surface area contributed by atoms with Crippen molar-refractivity contribution in [1.29, 1.82) is 0 Å². The van der Waals surface area contributed by atoms with Crippen LogP contribution in [0.15, 0.2) is 35.3 Å². The summed E-state index contributed by atoms with van der Waals surface area (Å²) in [5.41, 5.74) is 6.50. The standard InChI is InChI=1S/C11H12N2OS/c1-2-8-14-9-15-11(12)13-10-6-4-3-5-7-10/h1,3-7H,8-9H2,(H2,12,13). The van der Waals surface area contributed by atoms with Crippen molar-refractivity contribution in [2.45, 2.75) is 0 Å². The molecule has 1 rings (SSSR count). The lowest BCUT2D eigenvalue weighted by atomic mass is 10.3. The lowest BCUT2D eigenvalue weighted by Gasteiger charge is -2.00. The normalized spacial score (nSPS) is 11.0. The second-order valence-corrected chi connectivity index (χ2v) is 3.54. The van der Waals surface area contributed by atoms with Gasteiger partial charge < -0.3 is 10.5 Å². The number of aliphatic imine (C=N–C) groups is 1. The van der Waals surface area contributed by atoms with E-state index in [4.69, 9.17) is 16.9 Å². The molecule has 0 saturated heterocycles. The Hall–Kier alpha value is -1.44. The lowest BCUT2D eigenvalue weighted by molar-refractivity contribution is 0.223. The summed E-state index contributed by atoms with van der Waals surface area (Å²) in [6.45, 7) is 0.297. The molecular weight excluding hydrogens is 208 g/mol. The molecule has 0 saturated carbocycles. The minimum Gasteiger partial charge on any atom is -0.378 e. The van der Waals surface area contributed by atoms with Crippen molar-refractivity contribution in [3.8, 4) is 12.3 Å². The second-order valence-electron chi connectivity index (χ2n) is 2.60. The highest BCUT2D eigenvalue weighted by Crippen LogP contribution is 2.12. The van der Waals surface area contributed by atoms with E-state index in [9.17, 15) is 0 Å². The molecule has 0 spiro atoms. The summed E-state index contributed by atoms with van der Waals surface area (Å²) in [6, 6.07) is 9.51. The maximum Gasteiger partial charge on any atom is 0.161 e. The Morgan fingerprint density at radius 2 is 2.20 bits per heavy atom. The summed E-state index contributed by atoms with van der Waals surface area (Å²) in [6.07, 6.45) is 5.02. The number of para-hydroxylation sites is 1.